The number of aryl methyl sites for hydroxylation is 1. The van der Waals surface area contributed by atoms with E-state index in [1.807, 2.05) is 42.5 Å². The Bertz CT molecular complexity index is 2710. The molecule has 47 heavy (non-hydrogen) atoms. The average molecular weight is 603 g/mol. The van der Waals surface area contributed by atoms with E-state index in [1.165, 1.54) is 10.9 Å². The van der Waals surface area contributed by atoms with Crippen molar-refractivity contribution >= 4 is 60.9 Å². The molecular formula is C42H26N4O. The van der Waals surface area contributed by atoms with E-state index in [1.54, 1.807) is 0 Å². The molecule has 4 heterocycles. The molecule has 0 spiro atoms. The van der Waals surface area contributed by atoms with Crippen LogP contribution in [0.2, 0.25) is 0 Å². The third kappa shape index (κ3) is 3.87. The van der Waals surface area contributed by atoms with E-state index < -0.39 is 0 Å². The van der Waals surface area contributed by atoms with Gasteiger partial charge in [0.2, 0.25) is 5.95 Å². The second-order valence-corrected chi connectivity index (χ2v) is 12.1. The smallest absolute Gasteiger partial charge is 0.235 e. The Balaban J connectivity index is 1.30. The van der Waals surface area contributed by atoms with Crippen LogP contribution >= 0.6 is 0 Å². The van der Waals surface area contributed by atoms with E-state index in [-0.39, 0.29) is 0 Å². The Kier molecular flexibility index (Phi) is 5.43. The number of furan rings is 1. The normalized spacial score (nSPS) is 12.3. The minimum atomic E-state index is 0.598. The summed E-state index contributed by atoms with van der Waals surface area (Å²) in [6.07, 6.45) is 0. The summed E-state index contributed by atoms with van der Waals surface area (Å²) >= 11 is 0. The Labute approximate surface area is 270 Å². The molecule has 0 unspecified atom stereocenters. The molecule has 0 amide bonds. The maximum absolute atomic E-state index is 6.28. The SMILES string of the molecule is Cc1ccc2nc3c4c(cccc4c2c1)N(c1nc(-c2ccccc2)cc(-c2cccc4oc5ccccc5c24)n1)c1ccccc1-3. The number of aromatic nitrogens is 3. The van der Waals surface area contributed by atoms with Crippen LogP contribution in [-0.4, -0.2) is 15.0 Å². The van der Waals surface area contributed by atoms with Crippen molar-refractivity contribution in [3.05, 3.63) is 145 Å². The van der Waals surface area contributed by atoms with E-state index in [0.29, 0.717) is 5.95 Å². The first-order valence-corrected chi connectivity index (χ1v) is 15.8. The van der Waals surface area contributed by atoms with E-state index in [9.17, 15) is 0 Å². The largest absolute Gasteiger partial charge is 0.456 e. The lowest BCUT2D eigenvalue weighted by Crippen LogP contribution is -2.18. The second-order valence-electron chi connectivity index (χ2n) is 12.1. The van der Waals surface area contributed by atoms with Gasteiger partial charge in [-0.1, -0.05) is 103 Å². The zero-order valence-corrected chi connectivity index (χ0v) is 25.5. The van der Waals surface area contributed by atoms with Gasteiger partial charge in [-0.05, 0) is 54.8 Å². The third-order valence-electron chi connectivity index (χ3n) is 9.26. The predicted octanol–water partition coefficient (Wildman–Crippen LogP) is 11.2. The molecule has 0 N–H and O–H groups in total. The number of anilines is 3. The summed E-state index contributed by atoms with van der Waals surface area (Å²) in [4.78, 5) is 18.1. The van der Waals surface area contributed by atoms with E-state index in [2.05, 4.69) is 109 Å². The molecule has 0 radical (unpaired) electrons. The second kappa shape index (κ2) is 9.83. The summed E-state index contributed by atoms with van der Waals surface area (Å²) in [5, 5.41) is 5.52. The molecule has 6 aromatic carbocycles. The Hall–Kier alpha value is -6.33. The zero-order valence-electron chi connectivity index (χ0n) is 25.5. The topological polar surface area (TPSA) is 55.1 Å². The molecule has 0 fully saturated rings. The van der Waals surface area contributed by atoms with E-state index >= 15 is 0 Å². The summed E-state index contributed by atoms with van der Waals surface area (Å²) in [7, 11) is 0. The van der Waals surface area contributed by atoms with Gasteiger partial charge in [0.25, 0.3) is 0 Å². The van der Waals surface area contributed by atoms with Gasteiger partial charge in [-0.25, -0.2) is 15.0 Å². The van der Waals surface area contributed by atoms with Crippen LogP contribution in [-0.2, 0) is 0 Å². The number of hydrogen-bond donors (Lipinski definition) is 0. The van der Waals surface area contributed by atoms with Crippen LogP contribution in [0.4, 0.5) is 17.3 Å². The lowest BCUT2D eigenvalue weighted by molar-refractivity contribution is 0.669. The number of rotatable bonds is 3. The van der Waals surface area contributed by atoms with Gasteiger partial charge in [0.1, 0.15) is 11.2 Å². The molecule has 0 atom stereocenters. The van der Waals surface area contributed by atoms with Crippen molar-refractivity contribution in [3.63, 3.8) is 0 Å². The molecule has 5 heteroatoms. The molecule has 0 bridgehead atoms. The number of pyridine rings is 1. The molecule has 1 aliphatic heterocycles. The molecule has 1 aliphatic rings. The highest BCUT2D eigenvalue weighted by Gasteiger charge is 2.30. The van der Waals surface area contributed by atoms with Crippen molar-refractivity contribution in [1.29, 1.82) is 0 Å². The Morgan fingerprint density at radius 1 is 0.511 bits per heavy atom. The van der Waals surface area contributed by atoms with Gasteiger partial charge in [-0.15, -0.1) is 0 Å². The highest BCUT2D eigenvalue weighted by Crippen LogP contribution is 2.51. The lowest BCUT2D eigenvalue weighted by Gasteiger charge is -2.32. The molecule has 5 nitrogen and oxygen atoms in total. The molecule has 3 aromatic heterocycles. The van der Waals surface area contributed by atoms with Crippen molar-refractivity contribution in [2.24, 2.45) is 0 Å². The van der Waals surface area contributed by atoms with Crippen LogP contribution < -0.4 is 4.90 Å². The average Bonchev–Trinajstić information content (AvgIpc) is 3.51. The predicted molar refractivity (Wildman–Crippen MR) is 191 cm³/mol. The first-order chi connectivity index (χ1) is 23.2. The van der Waals surface area contributed by atoms with Crippen molar-refractivity contribution in [2.45, 2.75) is 6.92 Å². The number of fused-ring (bicyclic) bond motifs is 7. The quantitative estimate of drug-likeness (QED) is 0.188. The summed E-state index contributed by atoms with van der Waals surface area (Å²) in [6, 6.07) is 48.2. The van der Waals surface area contributed by atoms with Crippen LogP contribution in [0.1, 0.15) is 5.56 Å². The van der Waals surface area contributed by atoms with Crippen LogP contribution in [0.15, 0.2) is 144 Å². The van der Waals surface area contributed by atoms with Crippen LogP contribution in [0.25, 0.3) is 77.4 Å². The zero-order chi connectivity index (χ0) is 31.1. The molecule has 10 rings (SSSR count). The number of para-hydroxylation sites is 2. The highest BCUT2D eigenvalue weighted by molar-refractivity contribution is 6.20. The van der Waals surface area contributed by atoms with Gasteiger partial charge in [0.15, 0.2) is 0 Å². The van der Waals surface area contributed by atoms with Gasteiger partial charge < -0.3 is 4.42 Å². The Morgan fingerprint density at radius 2 is 1.23 bits per heavy atom. The molecule has 220 valence electrons. The van der Waals surface area contributed by atoms with Crippen molar-refractivity contribution in [1.82, 2.24) is 15.0 Å². The Morgan fingerprint density at radius 3 is 2.17 bits per heavy atom. The van der Waals surface area contributed by atoms with Crippen LogP contribution in [0.3, 0.4) is 0 Å². The summed E-state index contributed by atoms with van der Waals surface area (Å²) < 4.78 is 6.28. The fraction of sp³-hybridized carbons (Fsp3) is 0.0238. The maximum atomic E-state index is 6.28. The highest BCUT2D eigenvalue weighted by atomic mass is 16.3. The van der Waals surface area contributed by atoms with Crippen LogP contribution in [0, 0.1) is 6.92 Å². The monoisotopic (exact) mass is 602 g/mol. The lowest BCUT2D eigenvalue weighted by atomic mass is 9.93. The third-order valence-corrected chi connectivity index (χ3v) is 9.26. The van der Waals surface area contributed by atoms with Gasteiger partial charge in [0, 0.05) is 38.2 Å². The van der Waals surface area contributed by atoms with Crippen molar-refractivity contribution in [2.75, 3.05) is 4.90 Å². The fourth-order valence-electron chi connectivity index (χ4n) is 7.17. The van der Waals surface area contributed by atoms with E-state index in [4.69, 9.17) is 19.4 Å². The molecule has 0 saturated carbocycles. The molecule has 9 aromatic rings. The maximum Gasteiger partial charge on any atom is 0.235 e. The minimum absolute atomic E-state index is 0.598. The fourth-order valence-corrected chi connectivity index (χ4v) is 7.17. The summed E-state index contributed by atoms with van der Waals surface area (Å²) in [5.41, 5.74) is 11.6. The molecule has 0 saturated heterocycles. The van der Waals surface area contributed by atoms with Gasteiger partial charge in [0.05, 0.1) is 34.0 Å². The number of nitrogens with zero attached hydrogens (tertiary/aromatic N) is 4. The number of benzene rings is 6. The molecular weight excluding hydrogens is 576 g/mol. The number of hydrogen-bond acceptors (Lipinski definition) is 5. The van der Waals surface area contributed by atoms with Gasteiger partial charge >= 0.3 is 0 Å². The molecule has 0 aliphatic carbocycles. The van der Waals surface area contributed by atoms with Gasteiger partial charge in [-0.3, -0.25) is 4.90 Å². The van der Waals surface area contributed by atoms with Crippen LogP contribution in [0.5, 0.6) is 0 Å². The first-order valence-electron chi connectivity index (χ1n) is 15.8. The summed E-state index contributed by atoms with van der Waals surface area (Å²) in [6.45, 7) is 2.13. The van der Waals surface area contributed by atoms with Gasteiger partial charge in [-0.2, -0.15) is 0 Å². The van der Waals surface area contributed by atoms with Crippen molar-refractivity contribution in [3.8, 4) is 33.8 Å². The first kappa shape index (κ1) is 25.9. The van der Waals surface area contributed by atoms with E-state index in [0.717, 1.165) is 83.4 Å². The minimum Gasteiger partial charge on any atom is -0.456 e. The standard InChI is InChI=1S/C42H26N4O/c1-25-21-22-32-31(23-25)27-15-9-18-36-40(27)41(43-32)29-13-5-7-17-35(29)46(36)42-44-33(26-11-3-2-4-12-26)24-34(45-42)28-16-10-20-38-39(28)30-14-6-8-19-37(30)47-38/h2-24H,1H3. The summed E-state index contributed by atoms with van der Waals surface area (Å²) in [5.74, 6) is 0.598. The van der Waals surface area contributed by atoms with Crippen molar-refractivity contribution < 1.29 is 4.42 Å².